The van der Waals surface area contributed by atoms with Crippen molar-refractivity contribution in [1.29, 1.82) is 0 Å². The number of halogens is 1. The molecule has 7 nitrogen and oxygen atoms in total. The molecule has 0 aliphatic heterocycles. The molecule has 0 saturated carbocycles. The highest BCUT2D eigenvalue weighted by Gasteiger charge is 2.14. The van der Waals surface area contributed by atoms with Gasteiger partial charge in [-0.1, -0.05) is 18.2 Å². The average molecular weight is 384 g/mol. The minimum Gasteiger partial charge on any atom is -0.383 e. The van der Waals surface area contributed by atoms with Gasteiger partial charge in [-0.05, 0) is 30.3 Å². The number of anilines is 1. The van der Waals surface area contributed by atoms with Gasteiger partial charge in [0.15, 0.2) is 0 Å². The lowest BCUT2D eigenvalue weighted by Gasteiger charge is -2.21. The van der Waals surface area contributed by atoms with E-state index in [0.29, 0.717) is 35.6 Å². The van der Waals surface area contributed by atoms with Crippen molar-refractivity contribution in [1.82, 2.24) is 14.9 Å². The molecule has 8 heteroatoms. The predicted octanol–water partition coefficient (Wildman–Crippen LogP) is 2.15. The first-order valence-electron chi connectivity index (χ1n) is 8.80. The fourth-order valence-electron chi connectivity index (χ4n) is 2.83. The van der Waals surface area contributed by atoms with Crippen LogP contribution < -0.4 is 10.9 Å². The van der Waals surface area contributed by atoms with Gasteiger partial charge < -0.3 is 15.0 Å². The quantitative estimate of drug-likeness (QED) is 0.621. The van der Waals surface area contributed by atoms with Crippen molar-refractivity contribution >= 4 is 22.5 Å². The average Bonchev–Trinajstić information content (AvgIpc) is 2.66. The summed E-state index contributed by atoms with van der Waals surface area (Å²) in [6, 6.07) is 12.8. The summed E-state index contributed by atoms with van der Waals surface area (Å²) in [6.45, 7) is 1.17. The highest BCUT2D eigenvalue weighted by Crippen LogP contribution is 2.10. The Kier molecular flexibility index (Phi) is 6.46. The third-order valence-corrected chi connectivity index (χ3v) is 4.12. The lowest BCUT2D eigenvalue weighted by atomic mass is 10.2. The molecule has 0 aliphatic rings. The van der Waals surface area contributed by atoms with Gasteiger partial charge in [0.05, 0.1) is 30.6 Å². The molecule has 0 spiro atoms. The fraction of sp³-hybridized carbons (Fsp3) is 0.250. The van der Waals surface area contributed by atoms with Gasteiger partial charge in [-0.2, -0.15) is 0 Å². The van der Waals surface area contributed by atoms with E-state index in [2.05, 4.69) is 15.3 Å². The second kappa shape index (κ2) is 9.20. The molecule has 0 radical (unpaired) electrons. The summed E-state index contributed by atoms with van der Waals surface area (Å²) in [6.07, 6.45) is 0. The molecular weight excluding hydrogens is 363 g/mol. The highest BCUT2D eigenvalue weighted by molar-refractivity contribution is 5.92. The molecule has 3 rings (SSSR count). The van der Waals surface area contributed by atoms with Gasteiger partial charge >= 0.3 is 0 Å². The second-order valence-corrected chi connectivity index (χ2v) is 6.29. The summed E-state index contributed by atoms with van der Waals surface area (Å²) < 4.78 is 18.4. The van der Waals surface area contributed by atoms with Crippen LogP contribution in [0.1, 0.15) is 5.82 Å². The van der Waals surface area contributed by atoms with Gasteiger partial charge in [0.2, 0.25) is 5.91 Å². The number of H-pyrrole nitrogens is 1. The molecular formula is C20H21FN4O3. The van der Waals surface area contributed by atoms with Crippen LogP contribution in [0.3, 0.4) is 0 Å². The first-order chi connectivity index (χ1) is 13.5. The maximum atomic E-state index is 13.3. The fourth-order valence-corrected chi connectivity index (χ4v) is 2.83. The molecule has 1 amide bonds. The number of hydrogen-bond acceptors (Lipinski definition) is 5. The van der Waals surface area contributed by atoms with E-state index in [4.69, 9.17) is 4.74 Å². The van der Waals surface area contributed by atoms with E-state index in [1.165, 1.54) is 18.2 Å². The molecule has 0 atom stereocenters. The molecule has 3 aromatic rings. The Hall–Kier alpha value is -3.10. The zero-order chi connectivity index (χ0) is 19.9. The van der Waals surface area contributed by atoms with Gasteiger partial charge in [0.25, 0.3) is 5.56 Å². The number of nitrogens with zero attached hydrogens (tertiary/aromatic N) is 2. The van der Waals surface area contributed by atoms with E-state index >= 15 is 0 Å². The van der Waals surface area contributed by atoms with Crippen LogP contribution in [0, 0.1) is 5.82 Å². The van der Waals surface area contributed by atoms with Gasteiger partial charge in [-0.25, -0.2) is 9.37 Å². The molecule has 2 aromatic carbocycles. The Bertz CT molecular complexity index is 1020. The number of carbonyl (C=O) groups excluding carboxylic acids is 1. The van der Waals surface area contributed by atoms with Crippen LogP contribution in [-0.2, 0) is 16.1 Å². The molecule has 146 valence electrons. The van der Waals surface area contributed by atoms with Crippen LogP contribution in [-0.4, -0.2) is 47.6 Å². The second-order valence-electron chi connectivity index (χ2n) is 6.29. The van der Waals surface area contributed by atoms with Crippen LogP contribution in [0.2, 0.25) is 0 Å². The molecule has 0 bridgehead atoms. The van der Waals surface area contributed by atoms with E-state index < -0.39 is 5.82 Å². The Balaban J connectivity index is 1.73. The summed E-state index contributed by atoms with van der Waals surface area (Å²) in [5.74, 6) is -0.268. The van der Waals surface area contributed by atoms with Crippen molar-refractivity contribution in [2.24, 2.45) is 0 Å². The Morgan fingerprint density at radius 3 is 2.86 bits per heavy atom. The molecule has 2 N–H and O–H groups in total. The third-order valence-electron chi connectivity index (χ3n) is 4.12. The molecule has 0 aliphatic carbocycles. The zero-order valence-electron chi connectivity index (χ0n) is 15.4. The van der Waals surface area contributed by atoms with Crippen LogP contribution in [0.25, 0.3) is 10.9 Å². The number of benzene rings is 2. The van der Waals surface area contributed by atoms with Crippen molar-refractivity contribution < 1.29 is 13.9 Å². The van der Waals surface area contributed by atoms with Crippen molar-refractivity contribution in [3.8, 4) is 0 Å². The van der Waals surface area contributed by atoms with E-state index in [9.17, 15) is 14.0 Å². The number of aromatic nitrogens is 2. The Morgan fingerprint density at radius 1 is 1.25 bits per heavy atom. The van der Waals surface area contributed by atoms with Gasteiger partial charge in [0.1, 0.15) is 11.6 Å². The molecule has 0 fully saturated rings. The van der Waals surface area contributed by atoms with Gasteiger partial charge in [0, 0.05) is 19.3 Å². The Morgan fingerprint density at radius 2 is 2.07 bits per heavy atom. The molecule has 0 saturated heterocycles. The summed E-state index contributed by atoms with van der Waals surface area (Å²) in [5, 5.41) is 3.18. The van der Waals surface area contributed by atoms with E-state index in [1.807, 2.05) is 6.07 Å². The first kappa shape index (κ1) is 19.7. The number of rotatable bonds is 8. The third kappa shape index (κ3) is 5.21. The highest BCUT2D eigenvalue weighted by atomic mass is 19.1. The van der Waals surface area contributed by atoms with Crippen LogP contribution >= 0.6 is 0 Å². The number of methoxy groups -OCH3 is 1. The van der Waals surface area contributed by atoms with Crippen molar-refractivity contribution in [2.45, 2.75) is 6.54 Å². The first-order valence-corrected chi connectivity index (χ1v) is 8.80. The number of fused-ring (bicyclic) bond motifs is 1. The van der Waals surface area contributed by atoms with E-state index in [-0.39, 0.29) is 24.6 Å². The zero-order valence-corrected chi connectivity index (χ0v) is 15.4. The lowest BCUT2D eigenvalue weighted by molar-refractivity contribution is -0.117. The summed E-state index contributed by atoms with van der Waals surface area (Å²) in [4.78, 5) is 33.6. The van der Waals surface area contributed by atoms with E-state index in [0.717, 1.165) is 0 Å². The van der Waals surface area contributed by atoms with Crippen LogP contribution in [0.15, 0.2) is 53.3 Å². The smallest absolute Gasteiger partial charge is 0.258 e. The van der Waals surface area contributed by atoms with Crippen molar-refractivity contribution in [2.75, 3.05) is 32.1 Å². The lowest BCUT2D eigenvalue weighted by Crippen LogP contribution is -2.36. The minimum atomic E-state index is -0.424. The number of carbonyl (C=O) groups is 1. The number of hydrogen-bond donors (Lipinski definition) is 2. The van der Waals surface area contributed by atoms with E-state index in [1.54, 1.807) is 36.3 Å². The number of ether oxygens (including phenoxy) is 1. The number of para-hydroxylation sites is 1. The molecule has 1 aromatic heterocycles. The van der Waals surface area contributed by atoms with Gasteiger partial charge in [-0.15, -0.1) is 0 Å². The topological polar surface area (TPSA) is 87.3 Å². The predicted molar refractivity (Wildman–Crippen MR) is 105 cm³/mol. The standard InChI is InChI=1S/C20H21FN4O3/c1-28-10-9-25(13-19(26)22-15-6-4-5-14(21)11-15)12-18-23-17-8-3-2-7-16(17)20(27)24-18/h2-8,11H,9-10,12-13H2,1H3,(H,22,26)(H,23,24,27). The van der Waals surface area contributed by atoms with Crippen molar-refractivity contribution in [3.05, 3.63) is 70.5 Å². The Labute approximate surface area is 161 Å². The number of amides is 1. The SMILES string of the molecule is COCCN(CC(=O)Nc1cccc(F)c1)Cc1nc2ccccc2c(=O)[nH]1. The van der Waals surface area contributed by atoms with Crippen LogP contribution in [0.5, 0.6) is 0 Å². The number of nitrogens with one attached hydrogen (secondary N) is 2. The minimum absolute atomic E-state index is 0.0381. The normalized spacial score (nSPS) is 11.1. The maximum Gasteiger partial charge on any atom is 0.258 e. The monoisotopic (exact) mass is 384 g/mol. The van der Waals surface area contributed by atoms with Gasteiger partial charge in [-0.3, -0.25) is 14.5 Å². The molecule has 0 unspecified atom stereocenters. The van der Waals surface area contributed by atoms with Crippen LogP contribution in [0.4, 0.5) is 10.1 Å². The summed E-state index contributed by atoms with van der Waals surface area (Å²) in [7, 11) is 1.57. The largest absolute Gasteiger partial charge is 0.383 e. The number of aromatic amines is 1. The molecule has 1 heterocycles. The summed E-state index contributed by atoms with van der Waals surface area (Å²) >= 11 is 0. The van der Waals surface area contributed by atoms with Crippen molar-refractivity contribution in [3.63, 3.8) is 0 Å². The molecule has 28 heavy (non-hydrogen) atoms. The summed E-state index contributed by atoms with van der Waals surface area (Å²) in [5.41, 5.74) is 0.752. The maximum absolute atomic E-state index is 13.3.